The molecule has 0 unspecified atom stereocenters. The number of benzene rings is 1. The summed E-state index contributed by atoms with van der Waals surface area (Å²) < 4.78 is 0. The molecule has 5 radical (unpaired) electrons. The van der Waals surface area contributed by atoms with Gasteiger partial charge in [0.2, 0.25) is 0 Å². The lowest BCUT2D eigenvalue weighted by atomic mass is 10.0. The Balaban J connectivity index is 1.73. The van der Waals surface area contributed by atoms with Crippen molar-refractivity contribution < 1.29 is 4.79 Å². The number of carbonyl (C=O) groups excluding carboxylic acids is 1. The summed E-state index contributed by atoms with van der Waals surface area (Å²) in [5.74, 6) is 0.992. The molecular weight excluding hydrogens is 210 g/mol. The summed E-state index contributed by atoms with van der Waals surface area (Å²) in [6, 6.07) is 8.16. The van der Waals surface area contributed by atoms with Crippen molar-refractivity contribution in [3.05, 3.63) is 61.4 Å². The zero-order chi connectivity index (χ0) is 12.1. The van der Waals surface area contributed by atoms with Gasteiger partial charge >= 0.3 is 0 Å². The highest BCUT2D eigenvalue weighted by atomic mass is 16.1. The van der Waals surface area contributed by atoms with Gasteiger partial charge in [0.15, 0.2) is 0 Å². The van der Waals surface area contributed by atoms with Crippen LogP contribution in [0.5, 0.6) is 0 Å². The summed E-state index contributed by atoms with van der Waals surface area (Å²) in [7, 11) is 0. The molecule has 1 aromatic rings. The molecule has 2 heteroatoms. The van der Waals surface area contributed by atoms with Crippen molar-refractivity contribution in [3.63, 3.8) is 0 Å². The van der Waals surface area contributed by atoms with Crippen LogP contribution in [0.25, 0.3) is 0 Å². The summed E-state index contributed by atoms with van der Waals surface area (Å²) in [6.07, 6.45) is 8.02. The van der Waals surface area contributed by atoms with Crippen molar-refractivity contribution in [1.29, 1.82) is 0 Å². The molecule has 0 aliphatic heterocycles. The van der Waals surface area contributed by atoms with Crippen molar-refractivity contribution in [2.75, 3.05) is 11.9 Å². The Kier molecular flexibility index (Phi) is 4.18. The first-order chi connectivity index (χ1) is 8.25. The SMILES string of the molecule is Cc1cccc(NCCC(=O)[C]2[CH][CH][CH][CH]2)c1. The maximum Gasteiger partial charge on any atom is 0.142 e. The molecule has 0 bridgehead atoms. The van der Waals surface area contributed by atoms with Crippen LogP contribution < -0.4 is 5.32 Å². The van der Waals surface area contributed by atoms with Crippen molar-refractivity contribution in [2.45, 2.75) is 13.3 Å². The van der Waals surface area contributed by atoms with Crippen LogP contribution in [0.4, 0.5) is 5.69 Å². The molecule has 1 fully saturated rings. The average molecular weight is 226 g/mol. The Labute approximate surface area is 103 Å². The van der Waals surface area contributed by atoms with Crippen LogP contribution in [0.1, 0.15) is 12.0 Å². The van der Waals surface area contributed by atoms with Gasteiger partial charge in [0.1, 0.15) is 5.78 Å². The molecule has 1 aliphatic carbocycles. The molecule has 0 amide bonds. The molecule has 87 valence electrons. The highest BCUT2D eigenvalue weighted by Crippen LogP contribution is 2.24. The molecule has 2 nitrogen and oxygen atoms in total. The first-order valence-electron chi connectivity index (χ1n) is 5.81. The lowest BCUT2D eigenvalue weighted by molar-refractivity contribution is -0.116. The van der Waals surface area contributed by atoms with Crippen LogP contribution >= 0.6 is 0 Å². The quantitative estimate of drug-likeness (QED) is 0.836. The Morgan fingerprint density at radius 1 is 1.24 bits per heavy atom. The summed E-state index contributed by atoms with van der Waals surface area (Å²) in [4.78, 5) is 11.7. The van der Waals surface area contributed by atoms with Gasteiger partial charge in [-0.3, -0.25) is 4.79 Å². The van der Waals surface area contributed by atoms with Gasteiger partial charge in [-0.2, -0.15) is 0 Å². The second kappa shape index (κ2) is 5.85. The van der Waals surface area contributed by atoms with E-state index in [4.69, 9.17) is 0 Å². The molecule has 2 rings (SSSR count). The minimum absolute atomic E-state index is 0.190. The number of rotatable bonds is 5. The molecule has 0 heterocycles. The summed E-state index contributed by atoms with van der Waals surface area (Å²) in [5.41, 5.74) is 2.29. The van der Waals surface area contributed by atoms with Gasteiger partial charge in [0, 0.05) is 24.6 Å². The summed E-state index contributed by atoms with van der Waals surface area (Å²) in [6.45, 7) is 2.73. The molecule has 17 heavy (non-hydrogen) atoms. The first kappa shape index (κ1) is 12.2. The number of hydrogen-bond donors (Lipinski definition) is 1. The van der Waals surface area contributed by atoms with Gasteiger partial charge in [0.05, 0.1) is 0 Å². The Hall–Kier alpha value is -1.31. The molecule has 1 N–H and O–H groups in total. The number of carbonyl (C=O) groups is 1. The fourth-order valence-corrected chi connectivity index (χ4v) is 1.78. The molecule has 0 atom stereocenters. The smallest absolute Gasteiger partial charge is 0.142 e. The average Bonchev–Trinajstić information content (AvgIpc) is 2.82. The van der Waals surface area contributed by atoms with Crippen LogP contribution in [0.2, 0.25) is 0 Å². The number of anilines is 1. The minimum atomic E-state index is 0.190. The maximum atomic E-state index is 11.7. The van der Waals surface area contributed by atoms with Crippen LogP contribution in [0.15, 0.2) is 24.3 Å². The van der Waals surface area contributed by atoms with Crippen LogP contribution in [0.3, 0.4) is 0 Å². The van der Waals surface area contributed by atoms with E-state index >= 15 is 0 Å². The van der Waals surface area contributed by atoms with Gasteiger partial charge < -0.3 is 5.32 Å². The zero-order valence-corrected chi connectivity index (χ0v) is 9.94. The molecule has 1 aromatic carbocycles. The Morgan fingerprint density at radius 2 is 2.00 bits per heavy atom. The number of hydrogen-bond acceptors (Lipinski definition) is 2. The third-order valence-electron chi connectivity index (χ3n) is 2.68. The Morgan fingerprint density at radius 3 is 2.71 bits per heavy atom. The number of nitrogens with one attached hydrogen (secondary N) is 1. The molecule has 0 aromatic heterocycles. The fraction of sp³-hybridized carbons (Fsp3) is 0.200. The van der Waals surface area contributed by atoms with Crippen LogP contribution in [-0.2, 0) is 4.79 Å². The zero-order valence-electron chi connectivity index (χ0n) is 9.94. The van der Waals surface area contributed by atoms with Gasteiger partial charge in [-0.25, -0.2) is 0 Å². The third-order valence-corrected chi connectivity index (χ3v) is 2.68. The molecule has 1 saturated carbocycles. The second-order valence-electron chi connectivity index (χ2n) is 4.14. The van der Waals surface area contributed by atoms with Crippen molar-refractivity contribution in [3.8, 4) is 0 Å². The van der Waals surface area contributed by atoms with E-state index in [-0.39, 0.29) is 5.78 Å². The van der Waals surface area contributed by atoms with Crippen LogP contribution in [-0.4, -0.2) is 12.3 Å². The van der Waals surface area contributed by atoms with E-state index in [0.717, 1.165) is 11.6 Å². The van der Waals surface area contributed by atoms with E-state index < -0.39 is 0 Å². The number of aryl methyl sites for hydroxylation is 1. The van der Waals surface area contributed by atoms with Gasteiger partial charge in [-0.15, -0.1) is 0 Å². The van der Waals surface area contributed by atoms with Gasteiger partial charge in [0.25, 0.3) is 0 Å². The second-order valence-corrected chi connectivity index (χ2v) is 4.14. The van der Waals surface area contributed by atoms with Crippen molar-refractivity contribution in [2.24, 2.45) is 0 Å². The molecular formula is C15H16NO. The van der Waals surface area contributed by atoms with Crippen molar-refractivity contribution in [1.82, 2.24) is 0 Å². The van der Waals surface area contributed by atoms with Gasteiger partial charge in [-0.05, 0) is 50.3 Å². The topological polar surface area (TPSA) is 29.1 Å². The monoisotopic (exact) mass is 226 g/mol. The number of ketones is 1. The van der Waals surface area contributed by atoms with E-state index in [0.29, 0.717) is 13.0 Å². The van der Waals surface area contributed by atoms with E-state index in [1.807, 2.05) is 37.8 Å². The molecule has 0 saturated heterocycles. The van der Waals surface area contributed by atoms with E-state index in [1.54, 1.807) is 0 Å². The van der Waals surface area contributed by atoms with Crippen molar-refractivity contribution >= 4 is 11.5 Å². The lowest BCUT2D eigenvalue weighted by Crippen LogP contribution is -2.14. The predicted molar refractivity (Wildman–Crippen MR) is 69.7 cm³/mol. The Bertz CT molecular complexity index is 380. The van der Waals surface area contributed by atoms with Crippen LogP contribution in [0, 0.1) is 38.5 Å². The highest BCUT2D eigenvalue weighted by Gasteiger charge is 2.23. The fourth-order valence-electron chi connectivity index (χ4n) is 1.78. The minimum Gasteiger partial charge on any atom is -0.385 e. The third kappa shape index (κ3) is 3.58. The highest BCUT2D eigenvalue weighted by molar-refractivity contribution is 5.97. The predicted octanol–water partition coefficient (Wildman–Crippen LogP) is 2.77. The van der Waals surface area contributed by atoms with E-state index in [9.17, 15) is 4.79 Å². The maximum absolute atomic E-state index is 11.7. The number of Topliss-reactive ketones (excluding diaryl/α,β-unsaturated/α-hetero) is 1. The largest absolute Gasteiger partial charge is 0.385 e. The lowest BCUT2D eigenvalue weighted by Gasteiger charge is -2.09. The molecule has 1 aliphatic rings. The normalized spacial score (nSPS) is 16.1. The van der Waals surface area contributed by atoms with E-state index in [1.165, 1.54) is 5.56 Å². The van der Waals surface area contributed by atoms with E-state index in [2.05, 4.69) is 24.4 Å². The first-order valence-corrected chi connectivity index (χ1v) is 5.81. The summed E-state index contributed by atoms with van der Waals surface area (Å²) in [5, 5.41) is 3.26. The summed E-state index contributed by atoms with van der Waals surface area (Å²) >= 11 is 0. The van der Waals surface area contributed by atoms with Gasteiger partial charge in [-0.1, -0.05) is 12.1 Å². The molecule has 0 spiro atoms. The standard InChI is InChI=1S/C15H16NO/c1-12-5-4-8-14(11-12)16-10-9-15(17)13-6-2-3-7-13/h2-8,11,16H,9-10H2,1H3.